The van der Waals surface area contributed by atoms with E-state index >= 15 is 0 Å². The maximum Gasteiger partial charge on any atom is 0.222 e. The quantitative estimate of drug-likeness (QED) is 0.628. The number of hydrazine groups is 1. The van der Waals surface area contributed by atoms with Crippen LogP contribution in [0.4, 0.5) is 5.82 Å². The van der Waals surface area contributed by atoms with E-state index in [0.717, 1.165) is 24.9 Å². The van der Waals surface area contributed by atoms with Gasteiger partial charge in [-0.15, -0.1) is 0 Å². The van der Waals surface area contributed by atoms with Crippen molar-refractivity contribution in [2.75, 3.05) is 12.0 Å². The maximum atomic E-state index is 12.0. The van der Waals surface area contributed by atoms with E-state index in [9.17, 15) is 4.79 Å². The summed E-state index contributed by atoms with van der Waals surface area (Å²) in [5, 5.41) is 0. The lowest BCUT2D eigenvalue weighted by Gasteiger charge is -2.20. The van der Waals surface area contributed by atoms with Crippen molar-refractivity contribution in [1.29, 1.82) is 0 Å². The van der Waals surface area contributed by atoms with E-state index in [-0.39, 0.29) is 5.91 Å². The highest BCUT2D eigenvalue weighted by molar-refractivity contribution is 5.76. The summed E-state index contributed by atoms with van der Waals surface area (Å²) >= 11 is 0. The molecule has 1 aromatic rings. The Kier molecular flexibility index (Phi) is 4.15. The van der Waals surface area contributed by atoms with Crippen LogP contribution in [0.1, 0.15) is 31.7 Å². The van der Waals surface area contributed by atoms with Crippen LogP contribution < -0.4 is 11.3 Å². The molecule has 1 saturated heterocycles. The molecule has 2 heterocycles. The average molecular weight is 248 g/mol. The first-order valence-electron chi connectivity index (χ1n) is 6.38. The summed E-state index contributed by atoms with van der Waals surface area (Å²) in [5.41, 5.74) is 3.58. The molecule has 0 aliphatic carbocycles. The molecule has 1 amide bonds. The molecule has 18 heavy (non-hydrogen) atoms. The van der Waals surface area contributed by atoms with E-state index in [2.05, 4.69) is 17.3 Å². The molecule has 0 aromatic carbocycles. The van der Waals surface area contributed by atoms with Crippen molar-refractivity contribution in [3.63, 3.8) is 0 Å². The van der Waals surface area contributed by atoms with Gasteiger partial charge in [-0.2, -0.15) is 0 Å². The molecule has 1 unspecified atom stereocenters. The van der Waals surface area contributed by atoms with Crippen LogP contribution in [0.5, 0.6) is 0 Å². The summed E-state index contributed by atoms with van der Waals surface area (Å²) in [4.78, 5) is 18.0. The Balaban J connectivity index is 2.04. The van der Waals surface area contributed by atoms with Gasteiger partial charge in [-0.25, -0.2) is 10.8 Å². The third-order valence-corrected chi connectivity index (χ3v) is 3.44. The smallest absolute Gasteiger partial charge is 0.222 e. The molecular formula is C13H20N4O. The van der Waals surface area contributed by atoms with Gasteiger partial charge in [0.15, 0.2) is 0 Å². The molecule has 5 nitrogen and oxygen atoms in total. The van der Waals surface area contributed by atoms with E-state index in [1.54, 1.807) is 6.20 Å². The summed E-state index contributed by atoms with van der Waals surface area (Å²) in [6.45, 7) is 3.69. The minimum absolute atomic E-state index is 0.249. The number of carbonyl (C=O) groups is 1. The van der Waals surface area contributed by atoms with Crippen molar-refractivity contribution < 1.29 is 4.79 Å². The fourth-order valence-corrected chi connectivity index (χ4v) is 2.21. The van der Waals surface area contributed by atoms with E-state index in [1.165, 1.54) is 0 Å². The minimum Gasteiger partial charge on any atom is -0.338 e. The lowest BCUT2D eigenvalue weighted by molar-refractivity contribution is -0.131. The number of nitrogens with zero attached hydrogens (tertiary/aromatic N) is 2. The van der Waals surface area contributed by atoms with Crippen LogP contribution in [0, 0.1) is 5.92 Å². The predicted octanol–water partition coefficient (Wildman–Crippen LogP) is 1.52. The molecule has 1 atom stereocenters. The average Bonchev–Trinajstić information content (AvgIpc) is 2.54. The molecule has 0 radical (unpaired) electrons. The van der Waals surface area contributed by atoms with Gasteiger partial charge in [-0.05, 0) is 36.5 Å². The fraction of sp³-hybridized carbons (Fsp3) is 0.538. The van der Waals surface area contributed by atoms with Crippen LogP contribution >= 0.6 is 0 Å². The standard InChI is InChI=1S/C13H20N4O/c1-10-2-3-13(18)17(7-5-10)9-11-4-6-15-12(8-11)16-14/h4,6,8,10H,2-3,5,7,9,14H2,1H3,(H,15,16). The highest BCUT2D eigenvalue weighted by atomic mass is 16.2. The van der Waals surface area contributed by atoms with Crippen molar-refractivity contribution in [2.45, 2.75) is 32.7 Å². The Morgan fingerprint density at radius 3 is 3.17 bits per heavy atom. The predicted molar refractivity (Wildman–Crippen MR) is 70.5 cm³/mol. The molecule has 3 N–H and O–H groups in total. The Morgan fingerprint density at radius 2 is 2.39 bits per heavy atom. The zero-order valence-corrected chi connectivity index (χ0v) is 10.7. The zero-order chi connectivity index (χ0) is 13.0. The van der Waals surface area contributed by atoms with Gasteiger partial charge >= 0.3 is 0 Å². The van der Waals surface area contributed by atoms with Crippen LogP contribution in [0.2, 0.25) is 0 Å². The Hall–Kier alpha value is -1.62. The van der Waals surface area contributed by atoms with Crippen LogP contribution in [0.25, 0.3) is 0 Å². The number of hydrogen-bond donors (Lipinski definition) is 2. The zero-order valence-electron chi connectivity index (χ0n) is 10.7. The van der Waals surface area contributed by atoms with Gasteiger partial charge in [0.1, 0.15) is 5.82 Å². The van der Waals surface area contributed by atoms with Crippen molar-refractivity contribution >= 4 is 11.7 Å². The van der Waals surface area contributed by atoms with Crippen molar-refractivity contribution in [3.8, 4) is 0 Å². The number of nitrogens with one attached hydrogen (secondary N) is 1. The van der Waals surface area contributed by atoms with Gasteiger partial charge < -0.3 is 10.3 Å². The highest BCUT2D eigenvalue weighted by Crippen LogP contribution is 2.19. The van der Waals surface area contributed by atoms with Crippen LogP contribution in [0.3, 0.4) is 0 Å². The lowest BCUT2D eigenvalue weighted by atomic mass is 10.0. The first-order chi connectivity index (χ1) is 8.69. The van der Waals surface area contributed by atoms with Gasteiger partial charge in [-0.3, -0.25) is 4.79 Å². The largest absolute Gasteiger partial charge is 0.338 e. The van der Waals surface area contributed by atoms with Crippen LogP contribution in [-0.4, -0.2) is 22.3 Å². The van der Waals surface area contributed by atoms with Gasteiger partial charge in [-0.1, -0.05) is 6.92 Å². The molecule has 0 saturated carbocycles. The molecule has 0 spiro atoms. The molecule has 2 rings (SSSR count). The van der Waals surface area contributed by atoms with Crippen LogP contribution in [-0.2, 0) is 11.3 Å². The van der Waals surface area contributed by atoms with Gasteiger partial charge in [0.25, 0.3) is 0 Å². The number of anilines is 1. The summed E-state index contributed by atoms with van der Waals surface area (Å²) in [6.07, 6.45) is 4.45. The lowest BCUT2D eigenvalue weighted by Crippen LogP contribution is -2.29. The Bertz CT molecular complexity index is 421. The Labute approximate surface area is 107 Å². The summed E-state index contributed by atoms with van der Waals surface area (Å²) in [6, 6.07) is 3.80. The molecule has 98 valence electrons. The summed E-state index contributed by atoms with van der Waals surface area (Å²) in [5.74, 6) is 6.84. The summed E-state index contributed by atoms with van der Waals surface area (Å²) < 4.78 is 0. The monoisotopic (exact) mass is 248 g/mol. The second-order valence-electron chi connectivity index (χ2n) is 4.94. The molecule has 1 aromatic heterocycles. The normalized spacial score (nSPS) is 20.7. The maximum absolute atomic E-state index is 12.0. The molecule has 1 aliphatic heterocycles. The van der Waals surface area contributed by atoms with E-state index in [0.29, 0.717) is 24.7 Å². The van der Waals surface area contributed by atoms with E-state index in [1.807, 2.05) is 17.0 Å². The number of aromatic nitrogens is 1. The number of rotatable bonds is 3. The first-order valence-corrected chi connectivity index (χ1v) is 6.38. The third-order valence-electron chi connectivity index (χ3n) is 3.44. The van der Waals surface area contributed by atoms with Crippen molar-refractivity contribution in [2.24, 2.45) is 11.8 Å². The molecular weight excluding hydrogens is 228 g/mol. The van der Waals surface area contributed by atoms with E-state index < -0.39 is 0 Å². The topological polar surface area (TPSA) is 71.2 Å². The van der Waals surface area contributed by atoms with Crippen molar-refractivity contribution in [1.82, 2.24) is 9.88 Å². The highest BCUT2D eigenvalue weighted by Gasteiger charge is 2.20. The molecule has 1 aliphatic rings. The van der Waals surface area contributed by atoms with Gasteiger partial charge in [0.2, 0.25) is 5.91 Å². The fourth-order valence-electron chi connectivity index (χ4n) is 2.21. The van der Waals surface area contributed by atoms with Crippen LogP contribution in [0.15, 0.2) is 18.3 Å². The summed E-state index contributed by atoms with van der Waals surface area (Å²) in [7, 11) is 0. The molecule has 0 bridgehead atoms. The molecule has 1 fully saturated rings. The van der Waals surface area contributed by atoms with Gasteiger partial charge in [0.05, 0.1) is 0 Å². The number of amides is 1. The number of carbonyl (C=O) groups excluding carboxylic acids is 1. The number of nitrogens with two attached hydrogens (primary N) is 1. The molecule has 5 heteroatoms. The number of nitrogen functional groups attached to an aromatic ring is 1. The second kappa shape index (κ2) is 5.82. The number of pyridine rings is 1. The third kappa shape index (κ3) is 3.20. The number of likely N-dealkylation sites (tertiary alicyclic amines) is 1. The second-order valence-corrected chi connectivity index (χ2v) is 4.94. The number of hydrogen-bond acceptors (Lipinski definition) is 4. The van der Waals surface area contributed by atoms with Crippen molar-refractivity contribution in [3.05, 3.63) is 23.9 Å². The minimum atomic E-state index is 0.249. The Morgan fingerprint density at radius 1 is 1.56 bits per heavy atom. The van der Waals surface area contributed by atoms with Gasteiger partial charge in [0, 0.05) is 25.7 Å². The SMILES string of the molecule is CC1CCC(=O)N(Cc2ccnc(NN)c2)CC1. The van der Waals surface area contributed by atoms with E-state index in [4.69, 9.17) is 5.84 Å². The first kappa shape index (κ1) is 12.8.